The second-order valence-corrected chi connectivity index (χ2v) is 3.54. The molecule has 3 heteroatoms. The van der Waals surface area contributed by atoms with Crippen LogP contribution in [0.5, 0.6) is 5.75 Å². The number of hydrogen-bond acceptors (Lipinski definition) is 3. The van der Waals surface area contributed by atoms with Gasteiger partial charge in [0.25, 0.3) is 0 Å². The van der Waals surface area contributed by atoms with Crippen molar-refractivity contribution in [2.75, 3.05) is 14.2 Å². The summed E-state index contributed by atoms with van der Waals surface area (Å²) in [6, 6.07) is 1.93. The molecular formula is C16H28O3. The van der Waals surface area contributed by atoms with Crippen molar-refractivity contribution in [2.45, 2.75) is 48.5 Å². The summed E-state index contributed by atoms with van der Waals surface area (Å²) in [7, 11) is 2.99. The smallest absolute Gasteiger partial charge is 0.338 e. The molecule has 0 aliphatic rings. The van der Waals surface area contributed by atoms with Crippen LogP contribution in [0.2, 0.25) is 0 Å². The molecule has 0 aliphatic heterocycles. The summed E-state index contributed by atoms with van der Waals surface area (Å²) in [5.74, 6) is 0.435. The van der Waals surface area contributed by atoms with E-state index in [1.807, 2.05) is 54.5 Å². The molecule has 0 amide bonds. The van der Waals surface area contributed by atoms with Crippen LogP contribution in [0, 0.1) is 20.8 Å². The van der Waals surface area contributed by atoms with Crippen LogP contribution in [-0.2, 0) is 4.74 Å². The first-order valence-corrected chi connectivity index (χ1v) is 6.76. The third kappa shape index (κ3) is 4.93. The van der Waals surface area contributed by atoms with Gasteiger partial charge in [-0.15, -0.1) is 0 Å². The van der Waals surface area contributed by atoms with Gasteiger partial charge in [0.05, 0.1) is 19.8 Å². The zero-order valence-corrected chi connectivity index (χ0v) is 13.8. The normalized spacial score (nSPS) is 8.47. The van der Waals surface area contributed by atoms with Gasteiger partial charge < -0.3 is 9.47 Å². The van der Waals surface area contributed by atoms with E-state index in [1.165, 1.54) is 7.11 Å². The third-order valence-corrected chi connectivity index (χ3v) is 2.49. The van der Waals surface area contributed by atoms with Gasteiger partial charge in [0.15, 0.2) is 0 Å². The molecule has 1 rings (SSSR count). The maximum atomic E-state index is 11.6. The Hall–Kier alpha value is -1.51. The molecule has 0 saturated heterocycles. The monoisotopic (exact) mass is 268 g/mol. The predicted molar refractivity (Wildman–Crippen MR) is 81.2 cm³/mol. The van der Waals surface area contributed by atoms with Gasteiger partial charge in [-0.2, -0.15) is 0 Å². The fourth-order valence-electron chi connectivity index (χ4n) is 1.90. The SMILES string of the molecule is CC.CC.COC(=O)c1c(C)cc(C)c(OC)c1C. The zero-order chi connectivity index (χ0) is 15.6. The molecule has 0 bridgehead atoms. The molecule has 0 radical (unpaired) electrons. The first-order valence-electron chi connectivity index (χ1n) is 6.76. The second kappa shape index (κ2) is 10.4. The predicted octanol–water partition coefficient (Wildman–Crippen LogP) is 4.46. The van der Waals surface area contributed by atoms with Crippen molar-refractivity contribution in [3.05, 3.63) is 28.3 Å². The van der Waals surface area contributed by atoms with Gasteiger partial charge in [-0.25, -0.2) is 4.79 Å². The number of rotatable bonds is 2. The molecule has 0 fully saturated rings. The molecule has 0 atom stereocenters. The molecule has 0 saturated carbocycles. The molecular weight excluding hydrogens is 240 g/mol. The first-order chi connectivity index (χ1) is 9.02. The van der Waals surface area contributed by atoms with Gasteiger partial charge in [0, 0.05) is 5.56 Å². The van der Waals surface area contributed by atoms with Gasteiger partial charge >= 0.3 is 5.97 Å². The minimum Gasteiger partial charge on any atom is -0.496 e. The van der Waals surface area contributed by atoms with Gasteiger partial charge in [-0.1, -0.05) is 33.8 Å². The van der Waals surface area contributed by atoms with Crippen molar-refractivity contribution >= 4 is 5.97 Å². The minimum atomic E-state index is -0.316. The number of aryl methyl sites for hydroxylation is 2. The highest BCUT2D eigenvalue weighted by Gasteiger charge is 2.17. The van der Waals surface area contributed by atoms with Crippen LogP contribution >= 0.6 is 0 Å². The molecule has 0 aliphatic carbocycles. The van der Waals surface area contributed by atoms with Crippen molar-refractivity contribution in [1.29, 1.82) is 0 Å². The number of esters is 1. The molecule has 0 unspecified atom stereocenters. The molecule has 1 aromatic rings. The van der Waals surface area contributed by atoms with Gasteiger partial charge in [0.2, 0.25) is 0 Å². The van der Waals surface area contributed by atoms with Crippen molar-refractivity contribution < 1.29 is 14.3 Å². The van der Waals surface area contributed by atoms with E-state index in [1.54, 1.807) is 7.11 Å². The van der Waals surface area contributed by atoms with Crippen molar-refractivity contribution in [3.8, 4) is 5.75 Å². The van der Waals surface area contributed by atoms with Gasteiger partial charge in [-0.3, -0.25) is 0 Å². The summed E-state index contributed by atoms with van der Waals surface area (Å²) in [5.41, 5.74) is 3.37. The van der Waals surface area contributed by atoms with E-state index in [0.717, 1.165) is 22.4 Å². The number of ether oxygens (including phenoxy) is 2. The Morgan fingerprint density at radius 1 is 0.947 bits per heavy atom. The standard InChI is InChI=1S/C12H16O3.2C2H6/c1-7-6-8(2)11(14-4)9(3)10(7)12(13)15-5;2*1-2/h6H,1-5H3;2*1-2H3. The number of methoxy groups -OCH3 is 2. The van der Waals surface area contributed by atoms with Crippen molar-refractivity contribution in [3.63, 3.8) is 0 Å². The largest absolute Gasteiger partial charge is 0.496 e. The van der Waals surface area contributed by atoms with E-state index in [2.05, 4.69) is 0 Å². The molecule has 19 heavy (non-hydrogen) atoms. The number of carbonyl (C=O) groups is 1. The van der Waals surface area contributed by atoms with E-state index in [-0.39, 0.29) is 5.97 Å². The molecule has 0 aromatic heterocycles. The van der Waals surface area contributed by atoms with Crippen LogP contribution in [0.25, 0.3) is 0 Å². The molecule has 0 N–H and O–H groups in total. The maximum Gasteiger partial charge on any atom is 0.338 e. The molecule has 0 heterocycles. The fourth-order valence-corrected chi connectivity index (χ4v) is 1.90. The second-order valence-electron chi connectivity index (χ2n) is 3.54. The lowest BCUT2D eigenvalue weighted by Crippen LogP contribution is -2.08. The molecule has 0 spiro atoms. The van der Waals surface area contributed by atoms with Gasteiger partial charge in [0.1, 0.15) is 5.75 Å². The number of hydrogen-bond donors (Lipinski definition) is 0. The fraction of sp³-hybridized carbons (Fsp3) is 0.562. The van der Waals surface area contributed by atoms with Crippen LogP contribution < -0.4 is 4.74 Å². The Labute approximate surface area is 117 Å². The number of benzene rings is 1. The van der Waals surface area contributed by atoms with Crippen molar-refractivity contribution in [1.82, 2.24) is 0 Å². The lowest BCUT2D eigenvalue weighted by atomic mass is 9.98. The highest BCUT2D eigenvalue weighted by atomic mass is 16.5. The first kappa shape index (κ1) is 19.8. The van der Waals surface area contributed by atoms with E-state index >= 15 is 0 Å². The Morgan fingerprint density at radius 3 is 1.79 bits per heavy atom. The third-order valence-electron chi connectivity index (χ3n) is 2.49. The van der Waals surface area contributed by atoms with Crippen LogP contribution in [-0.4, -0.2) is 20.2 Å². The van der Waals surface area contributed by atoms with Crippen LogP contribution in [0.3, 0.4) is 0 Å². The van der Waals surface area contributed by atoms with E-state index in [4.69, 9.17) is 9.47 Å². The highest BCUT2D eigenvalue weighted by molar-refractivity contribution is 5.93. The molecule has 1 aromatic carbocycles. The summed E-state index contributed by atoms with van der Waals surface area (Å²) in [6.07, 6.45) is 0. The van der Waals surface area contributed by atoms with Crippen LogP contribution in [0.1, 0.15) is 54.7 Å². The molecule has 110 valence electrons. The Balaban J connectivity index is 0. The Morgan fingerprint density at radius 2 is 1.42 bits per heavy atom. The van der Waals surface area contributed by atoms with Crippen LogP contribution in [0.15, 0.2) is 6.07 Å². The van der Waals surface area contributed by atoms with Crippen LogP contribution in [0.4, 0.5) is 0 Å². The highest BCUT2D eigenvalue weighted by Crippen LogP contribution is 2.29. The maximum absolute atomic E-state index is 11.6. The number of carbonyl (C=O) groups excluding carboxylic acids is 1. The topological polar surface area (TPSA) is 35.5 Å². The Kier molecular flexibility index (Phi) is 10.9. The lowest BCUT2D eigenvalue weighted by molar-refractivity contribution is 0.0598. The average molecular weight is 268 g/mol. The summed E-state index contributed by atoms with van der Waals surface area (Å²) in [5, 5.41) is 0. The van der Waals surface area contributed by atoms with E-state index in [9.17, 15) is 4.79 Å². The zero-order valence-electron chi connectivity index (χ0n) is 13.8. The Bertz CT molecular complexity index is 395. The molecule has 3 nitrogen and oxygen atoms in total. The van der Waals surface area contributed by atoms with E-state index in [0.29, 0.717) is 5.56 Å². The minimum absolute atomic E-state index is 0.316. The van der Waals surface area contributed by atoms with E-state index < -0.39 is 0 Å². The summed E-state index contributed by atoms with van der Waals surface area (Å²) < 4.78 is 10.0. The summed E-state index contributed by atoms with van der Waals surface area (Å²) >= 11 is 0. The van der Waals surface area contributed by atoms with Gasteiger partial charge in [-0.05, 0) is 31.9 Å². The summed E-state index contributed by atoms with van der Waals surface area (Å²) in [6.45, 7) is 13.7. The lowest BCUT2D eigenvalue weighted by Gasteiger charge is -2.14. The average Bonchev–Trinajstić information content (AvgIpc) is 2.43. The summed E-state index contributed by atoms with van der Waals surface area (Å²) in [4.78, 5) is 11.6. The quantitative estimate of drug-likeness (QED) is 0.743. The van der Waals surface area contributed by atoms with Crippen molar-refractivity contribution in [2.24, 2.45) is 0 Å².